The Hall–Kier alpha value is -3.09. The summed E-state index contributed by atoms with van der Waals surface area (Å²) in [6, 6.07) is 11.2. The summed E-state index contributed by atoms with van der Waals surface area (Å²) in [6.07, 6.45) is 2.46. The lowest BCUT2D eigenvalue weighted by molar-refractivity contribution is -0.140. The molecule has 2 rings (SSSR count). The van der Waals surface area contributed by atoms with Crippen molar-refractivity contribution in [1.29, 1.82) is 0 Å². The molecule has 0 spiro atoms. The van der Waals surface area contributed by atoms with Crippen LogP contribution in [-0.2, 0) is 22.6 Å². The summed E-state index contributed by atoms with van der Waals surface area (Å²) in [6.45, 7) is 9.15. The van der Waals surface area contributed by atoms with Gasteiger partial charge in [0.05, 0.1) is 13.2 Å². The number of amides is 2. The van der Waals surface area contributed by atoms with E-state index in [1.807, 2.05) is 39.0 Å². The van der Waals surface area contributed by atoms with Crippen molar-refractivity contribution in [2.24, 2.45) is 0 Å². The van der Waals surface area contributed by atoms with Gasteiger partial charge in [-0.1, -0.05) is 37.6 Å². The zero-order valence-electron chi connectivity index (χ0n) is 20.7. The first-order valence-corrected chi connectivity index (χ1v) is 12.1. The second-order valence-electron chi connectivity index (χ2n) is 8.08. The Bertz CT molecular complexity index is 935. The number of carbonyl (C=O) groups is 2. The number of hydrogen-bond acceptors (Lipinski definition) is 4. The molecule has 0 unspecified atom stereocenters. The number of nitrogens with zero attached hydrogens (tertiary/aromatic N) is 1. The van der Waals surface area contributed by atoms with Gasteiger partial charge in [0.15, 0.2) is 11.5 Å². The van der Waals surface area contributed by atoms with Crippen LogP contribution in [0.2, 0.25) is 0 Å². The zero-order chi connectivity index (χ0) is 24.9. The van der Waals surface area contributed by atoms with Gasteiger partial charge in [-0.25, -0.2) is 4.39 Å². The van der Waals surface area contributed by atoms with E-state index in [4.69, 9.17) is 9.47 Å². The molecule has 186 valence electrons. The molecule has 0 aliphatic rings. The van der Waals surface area contributed by atoms with E-state index in [-0.39, 0.29) is 24.8 Å². The monoisotopic (exact) mass is 472 g/mol. The van der Waals surface area contributed by atoms with Gasteiger partial charge < -0.3 is 19.7 Å². The van der Waals surface area contributed by atoms with Crippen molar-refractivity contribution in [3.8, 4) is 11.5 Å². The molecule has 0 aromatic heterocycles. The molecule has 0 bridgehead atoms. The summed E-state index contributed by atoms with van der Waals surface area (Å²) in [5, 5.41) is 2.88. The quantitative estimate of drug-likeness (QED) is 0.398. The van der Waals surface area contributed by atoms with Gasteiger partial charge >= 0.3 is 0 Å². The summed E-state index contributed by atoms with van der Waals surface area (Å²) in [4.78, 5) is 27.4. The molecule has 2 amide bonds. The van der Waals surface area contributed by atoms with Crippen LogP contribution in [0.25, 0.3) is 0 Å². The first-order valence-electron chi connectivity index (χ1n) is 12.1. The van der Waals surface area contributed by atoms with Gasteiger partial charge in [0.1, 0.15) is 11.9 Å². The van der Waals surface area contributed by atoms with Gasteiger partial charge in [0.25, 0.3) is 0 Å². The van der Waals surface area contributed by atoms with Gasteiger partial charge in [-0.3, -0.25) is 9.59 Å². The average molecular weight is 473 g/mol. The Balaban J connectivity index is 2.16. The van der Waals surface area contributed by atoms with E-state index in [2.05, 4.69) is 5.32 Å². The van der Waals surface area contributed by atoms with Crippen molar-refractivity contribution < 1.29 is 23.5 Å². The number of unbranched alkanes of at least 4 members (excludes halogenated alkanes) is 1. The first-order chi connectivity index (χ1) is 16.4. The van der Waals surface area contributed by atoms with Gasteiger partial charge in [-0.15, -0.1) is 0 Å². The number of carbonyl (C=O) groups excluding carboxylic acids is 2. The van der Waals surface area contributed by atoms with Crippen LogP contribution >= 0.6 is 0 Å². The number of nitrogens with one attached hydrogen (secondary N) is 1. The highest BCUT2D eigenvalue weighted by molar-refractivity contribution is 5.87. The topological polar surface area (TPSA) is 67.9 Å². The maximum Gasteiger partial charge on any atom is 0.242 e. The van der Waals surface area contributed by atoms with Crippen LogP contribution in [0.4, 0.5) is 4.39 Å². The minimum Gasteiger partial charge on any atom is -0.490 e. The van der Waals surface area contributed by atoms with Crippen LogP contribution < -0.4 is 14.8 Å². The molecule has 2 aromatic rings. The Morgan fingerprint density at radius 3 is 2.41 bits per heavy atom. The molecule has 0 saturated heterocycles. The van der Waals surface area contributed by atoms with E-state index >= 15 is 0 Å². The van der Waals surface area contributed by atoms with Crippen molar-refractivity contribution in [3.05, 3.63) is 59.4 Å². The average Bonchev–Trinajstić information content (AvgIpc) is 2.83. The van der Waals surface area contributed by atoms with E-state index < -0.39 is 11.9 Å². The SMILES string of the molecule is CCCCNC(=O)[C@H](C)N(Cc1ccccc1F)C(=O)CCc1ccc(OCC)c(OCC)c1. The molecule has 1 N–H and O–H groups in total. The van der Waals surface area contributed by atoms with E-state index in [9.17, 15) is 14.0 Å². The predicted octanol–water partition coefficient (Wildman–Crippen LogP) is 4.89. The third kappa shape index (κ3) is 8.04. The number of ether oxygens (including phenoxy) is 2. The molecule has 0 radical (unpaired) electrons. The molecule has 6 nitrogen and oxygen atoms in total. The summed E-state index contributed by atoms with van der Waals surface area (Å²) >= 11 is 0. The predicted molar refractivity (Wildman–Crippen MR) is 131 cm³/mol. The molecule has 2 aromatic carbocycles. The molecule has 0 saturated carbocycles. The lowest BCUT2D eigenvalue weighted by atomic mass is 10.1. The number of halogens is 1. The first kappa shape index (κ1) is 27.2. The van der Waals surface area contributed by atoms with Crippen molar-refractivity contribution >= 4 is 11.8 Å². The van der Waals surface area contributed by atoms with Crippen LogP contribution in [0, 0.1) is 5.82 Å². The smallest absolute Gasteiger partial charge is 0.242 e. The standard InChI is InChI=1S/C27H37FN2O4/c1-5-8-17-29-27(32)20(4)30(19-22-11-9-10-12-23(22)28)26(31)16-14-21-13-15-24(33-6-2)25(18-21)34-7-3/h9-13,15,18,20H,5-8,14,16-17,19H2,1-4H3,(H,29,32)/t20-/m0/s1. The van der Waals surface area contributed by atoms with Gasteiger partial charge in [-0.2, -0.15) is 0 Å². The van der Waals surface area contributed by atoms with E-state index in [1.165, 1.54) is 11.0 Å². The lowest BCUT2D eigenvalue weighted by Gasteiger charge is -2.29. The fourth-order valence-electron chi connectivity index (χ4n) is 3.57. The van der Waals surface area contributed by atoms with Crippen LogP contribution in [0.5, 0.6) is 11.5 Å². The third-order valence-corrected chi connectivity index (χ3v) is 5.53. The van der Waals surface area contributed by atoms with Gasteiger partial charge in [0, 0.05) is 25.1 Å². The van der Waals surface area contributed by atoms with Crippen molar-refractivity contribution in [2.45, 2.75) is 66.0 Å². The Kier molecular flexibility index (Phi) is 11.4. The largest absolute Gasteiger partial charge is 0.490 e. The molecule has 0 heterocycles. The van der Waals surface area contributed by atoms with Gasteiger partial charge in [0.2, 0.25) is 11.8 Å². The van der Waals surface area contributed by atoms with E-state index in [0.29, 0.717) is 43.2 Å². The fraction of sp³-hybridized carbons (Fsp3) is 0.481. The highest BCUT2D eigenvalue weighted by Crippen LogP contribution is 2.29. The highest BCUT2D eigenvalue weighted by Gasteiger charge is 2.26. The van der Waals surface area contributed by atoms with Crippen LogP contribution in [0.15, 0.2) is 42.5 Å². The fourth-order valence-corrected chi connectivity index (χ4v) is 3.57. The third-order valence-electron chi connectivity index (χ3n) is 5.53. The minimum absolute atomic E-state index is 0.0291. The number of benzene rings is 2. The second kappa shape index (κ2) is 14.2. The molecular formula is C27H37FN2O4. The molecule has 1 atom stereocenters. The lowest BCUT2D eigenvalue weighted by Crippen LogP contribution is -2.48. The Morgan fingerprint density at radius 1 is 1.03 bits per heavy atom. The van der Waals surface area contributed by atoms with Crippen LogP contribution in [-0.4, -0.2) is 42.5 Å². The maximum atomic E-state index is 14.3. The van der Waals surface area contributed by atoms with Crippen molar-refractivity contribution in [3.63, 3.8) is 0 Å². The normalized spacial score (nSPS) is 11.6. The van der Waals surface area contributed by atoms with Gasteiger partial charge in [-0.05, 0) is 57.4 Å². The number of hydrogen-bond donors (Lipinski definition) is 1. The van der Waals surface area contributed by atoms with Crippen molar-refractivity contribution in [1.82, 2.24) is 10.2 Å². The number of rotatable bonds is 14. The summed E-state index contributed by atoms with van der Waals surface area (Å²) in [7, 11) is 0. The summed E-state index contributed by atoms with van der Waals surface area (Å²) < 4.78 is 25.6. The number of aryl methyl sites for hydroxylation is 1. The Morgan fingerprint density at radius 2 is 1.74 bits per heavy atom. The minimum atomic E-state index is -0.719. The van der Waals surface area contributed by atoms with Crippen LogP contribution in [0.3, 0.4) is 0 Å². The molecule has 0 aliphatic carbocycles. The zero-order valence-corrected chi connectivity index (χ0v) is 20.7. The molecule has 34 heavy (non-hydrogen) atoms. The highest BCUT2D eigenvalue weighted by atomic mass is 19.1. The van der Waals surface area contributed by atoms with Crippen LogP contribution in [0.1, 0.15) is 58.1 Å². The second-order valence-corrected chi connectivity index (χ2v) is 8.08. The summed E-state index contributed by atoms with van der Waals surface area (Å²) in [5.41, 5.74) is 1.30. The maximum absolute atomic E-state index is 14.3. The summed E-state index contributed by atoms with van der Waals surface area (Å²) in [5.74, 6) is 0.456. The van der Waals surface area contributed by atoms with Crippen molar-refractivity contribution in [2.75, 3.05) is 19.8 Å². The van der Waals surface area contributed by atoms with E-state index in [0.717, 1.165) is 18.4 Å². The Labute approximate surface area is 202 Å². The molecule has 7 heteroatoms. The molecule has 0 aliphatic heterocycles. The molecule has 0 fully saturated rings. The van der Waals surface area contributed by atoms with E-state index in [1.54, 1.807) is 25.1 Å². The molecular weight excluding hydrogens is 435 g/mol.